The van der Waals surface area contributed by atoms with Gasteiger partial charge >= 0.3 is 0 Å². The van der Waals surface area contributed by atoms with Crippen LogP contribution in [0.15, 0.2) is 42.5 Å². The molecule has 0 fully saturated rings. The molecule has 0 atom stereocenters. The Balaban J connectivity index is 2.24. The molecule has 1 heterocycles. The Morgan fingerprint density at radius 1 is 1.19 bits per heavy atom. The summed E-state index contributed by atoms with van der Waals surface area (Å²) >= 11 is 0. The summed E-state index contributed by atoms with van der Waals surface area (Å²) in [6, 6.07) is 15.0. The van der Waals surface area contributed by atoms with Gasteiger partial charge in [0.05, 0.1) is 29.6 Å². The molecule has 0 radical (unpaired) electrons. The molecule has 0 unspecified atom stereocenters. The van der Waals surface area contributed by atoms with Crippen LogP contribution in [0.3, 0.4) is 0 Å². The molecule has 140 valence electrons. The second kappa shape index (κ2) is 7.33. The molecule has 0 spiro atoms. The minimum absolute atomic E-state index is 0.00428. The van der Waals surface area contributed by atoms with Gasteiger partial charge in [-0.25, -0.2) is 8.42 Å². The van der Waals surface area contributed by atoms with E-state index in [2.05, 4.69) is 10.8 Å². The van der Waals surface area contributed by atoms with Gasteiger partial charge in [0.2, 0.25) is 10.0 Å². The summed E-state index contributed by atoms with van der Waals surface area (Å²) in [4.78, 5) is 0. The molecule has 0 aliphatic carbocycles. The molecule has 0 saturated heterocycles. The highest BCUT2D eigenvalue weighted by atomic mass is 32.2. The average Bonchev–Trinajstić information content (AvgIpc) is 3.00. The van der Waals surface area contributed by atoms with Crippen molar-refractivity contribution in [2.24, 2.45) is 0 Å². The van der Waals surface area contributed by atoms with E-state index >= 15 is 0 Å². The fourth-order valence-corrected chi connectivity index (χ4v) is 3.81. The van der Waals surface area contributed by atoms with Crippen molar-refractivity contribution in [1.82, 2.24) is 4.57 Å². The summed E-state index contributed by atoms with van der Waals surface area (Å²) in [7, 11) is -1.77. The number of fused-ring (bicyclic) bond motifs is 1. The summed E-state index contributed by atoms with van der Waals surface area (Å²) in [5.41, 5.74) is 3.48. The maximum Gasteiger partial charge on any atom is 0.232 e. The first-order chi connectivity index (χ1) is 12.9. The van der Waals surface area contributed by atoms with E-state index in [0.29, 0.717) is 17.8 Å². The minimum Gasteiger partial charge on any atom is -0.497 e. The lowest BCUT2D eigenvalue weighted by atomic mass is 10.1. The Kier molecular flexibility index (Phi) is 5.10. The largest absolute Gasteiger partial charge is 0.497 e. The molecule has 0 amide bonds. The third kappa shape index (κ3) is 3.49. The number of nitrogens with one attached hydrogen (secondary N) is 1. The zero-order chi connectivity index (χ0) is 19.6. The van der Waals surface area contributed by atoms with Crippen LogP contribution in [0.2, 0.25) is 0 Å². The maximum atomic E-state index is 11.9. The van der Waals surface area contributed by atoms with Crippen LogP contribution in [0.4, 0.5) is 5.69 Å². The lowest BCUT2D eigenvalue weighted by molar-refractivity contribution is 0.415. The lowest BCUT2D eigenvalue weighted by Crippen LogP contribution is -2.14. The van der Waals surface area contributed by atoms with Gasteiger partial charge in [-0.1, -0.05) is 12.1 Å². The van der Waals surface area contributed by atoms with Gasteiger partial charge < -0.3 is 9.30 Å². The first-order valence-electron chi connectivity index (χ1n) is 8.65. The summed E-state index contributed by atoms with van der Waals surface area (Å²) < 4.78 is 33.7. The van der Waals surface area contributed by atoms with Crippen molar-refractivity contribution in [3.8, 4) is 23.1 Å². The molecule has 27 heavy (non-hydrogen) atoms. The monoisotopic (exact) mass is 383 g/mol. The predicted octanol–water partition coefficient (Wildman–Crippen LogP) is 3.97. The molecular formula is C20H21N3O3S. The Morgan fingerprint density at radius 2 is 1.96 bits per heavy atom. The van der Waals surface area contributed by atoms with Gasteiger partial charge in [0.25, 0.3) is 0 Å². The number of methoxy groups -OCH3 is 1. The molecule has 0 bridgehead atoms. The van der Waals surface area contributed by atoms with E-state index in [0.717, 1.165) is 27.9 Å². The molecule has 0 aliphatic heterocycles. The Morgan fingerprint density at radius 3 is 2.59 bits per heavy atom. The third-order valence-corrected chi connectivity index (χ3v) is 5.80. The van der Waals surface area contributed by atoms with E-state index < -0.39 is 10.0 Å². The predicted molar refractivity (Wildman–Crippen MR) is 107 cm³/mol. The van der Waals surface area contributed by atoms with E-state index in [1.54, 1.807) is 32.2 Å². The number of aryl methyl sites for hydroxylation is 1. The number of hydrogen-bond acceptors (Lipinski definition) is 4. The van der Waals surface area contributed by atoms with Gasteiger partial charge in [0.15, 0.2) is 0 Å². The Bertz CT molecular complexity index is 1140. The molecular weight excluding hydrogens is 362 g/mol. The van der Waals surface area contributed by atoms with Crippen LogP contribution in [-0.2, 0) is 16.6 Å². The van der Waals surface area contributed by atoms with Crippen LogP contribution >= 0.6 is 0 Å². The number of nitriles is 1. The van der Waals surface area contributed by atoms with Crippen LogP contribution in [0, 0.1) is 11.3 Å². The number of sulfonamides is 1. The van der Waals surface area contributed by atoms with E-state index in [1.807, 2.05) is 35.8 Å². The van der Waals surface area contributed by atoms with Crippen molar-refractivity contribution < 1.29 is 13.2 Å². The summed E-state index contributed by atoms with van der Waals surface area (Å²) in [5.74, 6) is 0.713. The molecule has 1 N–H and O–H groups in total. The molecule has 0 aliphatic rings. The number of hydrogen-bond donors (Lipinski definition) is 1. The zero-order valence-electron chi connectivity index (χ0n) is 15.5. The van der Waals surface area contributed by atoms with Gasteiger partial charge in [-0.15, -0.1) is 0 Å². The van der Waals surface area contributed by atoms with E-state index in [4.69, 9.17) is 4.74 Å². The van der Waals surface area contributed by atoms with Gasteiger partial charge in [-0.05, 0) is 38.1 Å². The van der Waals surface area contributed by atoms with E-state index in [-0.39, 0.29) is 5.75 Å². The lowest BCUT2D eigenvalue weighted by Gasteiger charge is -2.11. The topological polar surface area (TPSA) is 84.1 Å². The SMILES string of the molecule is CCn1c(-c2cccc(NS(=O)(=O)CC)c2)c(C#N)c2ccc(OC)cc21. The molecule has 7 heteroatoms. The molecule has 6 nitrogen and oxygen atoms in total. The highest BCUT2D eigenvalue weighted by molar-refractivity contribution is 7.92. The summed E-state index contributed by atoms with van der Waals surface area (Å²) in [6.07, 6.45) is 0. The number of ether oxygens (including phenoxy) is 1. The first-order valence-corrected chi connectivity index (χ1v) is 10.3. The second-order valence-electron chi connectivity index (χ2n) is 6.05. The van der Waals surface area contributed by atoms with Crippen molar-refractivity contribution in [1.29, 1.82) is 5.26 Å². The first kappa shape index (κ1) is 18.8. The van der Waals surface area contributed by atoms with Crippen LogP contribution in [0.5, 0.6) is 5.75 Å². The smallest absolute Gasteiger partial charge is 0.232 e. The van der Waals surface area contributed by atoms with Crippen molar-refractivity contribution in [3.63, 3.8) is 0 Å². The van der Waals surface area contributed by atoms with E-state index in [1.165, 1.54) is 0 Å². The summed E-state index contributed by atoms with van der Waals surface area (Å²) in [5, 5.41) is 10.6. The Labute approximate surface area is 159 Å². The molecule has 3 aromatic rings. The van der Waals surface area contributed by atoms with Gasteiger partial charge in [-0.3, -0.25) is 4.72 Å². The van der Waals surface area contributed by atoms with Crippen molar-refractivity contribution in [3.05, 3.63) is 48.0 Å². The highest BCUT2D eigenvalue weighted by Crippen LogP contribution is 2.36. The van der Waals surface area contributed by atoms with Crippen LogP contribution < -0.4 is 9.46 Å². The minimum atomic E-state index is -3.37. The Hall–Kier alpha value is -2.98. The van der Waals surface area contributed by atoms with Crippen LogP contribution in [0.25, 0.3) is 22.2 Å². The maximum absolute atomic E-state index is 11.9. The fraction of sp³-hybridized carbons (Fsp3) is 0.250. The van der Waals surface area contributed by atoms with Gasteiger partial charge in [-0.2, -0.15) is 5.26 Å². The number of rotatable bonds is 6. The zero-order valence-corrected chi connectivity index (χ0v) is 16.3. The molecule has 1 aromatic heterocycles. The fourth-order valence-electron chi connectivity index (χ4n) is 3.18. The number of nitrogens with zero attached hydrogens (tertiary/aromatic N) is 2. The molecule has 0 saturated carbocycles. The second-order valence-corrected chi connectivity index (χ2v) is 8.06. The average molecular weight is 383 g/mol. The van der Waals surface area contributed by atoms with Crippen molar-refractivity contribution in [2.75, 3.05) is 17.6 Å². The number of aromatic nitrogens is 1. The van der Waals surface area contributed by atoms with Crippen molar-refractivity contribution in [2.45, 2.75) is 20.4 Å². The number of benzene rings is 2. The van der Waals surface area contributed by atoms with Crippen LogP contribution in [0.1, 0.15) is 19.4 Å². The highest BCUT2D eigenvalue weighted by Gasteiger charge is 2.19. The van der Waals surface area contributed by atoms with Crippen molar-refractivity contribution >= 4 is 26.6 Å². The third-order valence-electron chi connectivity index (χ3n) is 4.49. The molecule has 3 rings (SSSR count). The normalized spacial score (nSPS) is 11.3. The standard InChI is InChI=1S/C20H21N3O3S/c1-4-23-19-12-16(26-3)9-10-17(19)18(13-21)20(23)14-7-6-8-15(11-14)22-27(24,25)5-2/h6-12,22H,4-5H2,1-3H3. The van der Waals surface area contributed by atoms with Crippen LogP contribution in [-0.4, -0.2) is 25.8 Å². The van der Waals surface area contributed by atoms with Gasteiger partial charge in [0, 0.05) is 29.2 Å². The quantitative estimate of drug-likeness (QED) is 0.698. The number of anilines is 1. The summed E-state index contributed by atoms with van der Waals surface area (Å²) in [6.45, 7) is 4.25. The van der Waals surface area contributed by atoms with E-state index in [9.17, 15) is 13.7 Å². The molecule has 2 aromatic carbocycles. The van der Waals surface area contributed by atoms with Gasteiger partial charge in [0.1, 0.15) is 11.8 Å².